The lowest BCUT2D eigenvalue weighted by molar-refractivity contribution is -0.113. The molecule has 0 saturated heterocycles. The molecule has 0 atom stereocenters. The largest absolute Gasteiger partial charge is 0.461 e. The van der Waals surface area contributed by atoms with Gasteiger partial charge in [0.05, 0.1) is 18.6 Å². The van der Waals surface area contributed by atoms with E-state index < -0.39 is 0 Å². The van der Waals surface area contributed by atoms with Crippen molar-refractivity contribution in [1.82, 2.24) is 19.7 Å². The number of furan rings is 1. The number of anilines is 1. The minimum absolute atomic E-state index is 0.150. The summed E-state index contributed by atoms with van der Waals surface area (Å²) in [5.41, 5.74) is 3.16. The van der Waals surface area contributed by atoms with E-state index in [4.69, 9.17) is 8.83 Å². The van der Waals surface area contributed by atoms with E-state index in [2.05, 4.69) is 20.5 Å². The van der Waals surface area contributed by atoms with Crippen molar-refractivity contribution in [2.75, 3.05) is 11.1 Å². The van der Waals surface area contributed by atoms with E-state index in [0.29, 0.717) is 46.0 Å². The molecule has 3 heterocycles. The van der Waals surface area contributed by atoms with Crippen LogP contribution in [0, 0.1) is 6.92 Å². The molecular formula is C23H19N5O3S. The minimum atomic E-state index is -0.150. The van der Waals surface area contributed by atoms with Crippen LogP contribution in [0.5, 0.6) is 0 Å². The van der Waals surface area contributed by atoms with Gasteiger partial charge in [-0.2, -0.15) is 0 Å². The Kier molecular flexibility index (Phi) is 5.47. The fourth-order valence-corrected chi connectivity index (χ4v) is 4.08. The number of hydrogen-bond donors (Lipinski definition) is 1. The standard InChI is InChI=1S/C23H19N5O3S/c1-15-24-18-12-17(9-10-19(18)31-15)25-21(29)14-32-23-27-26-22(20-8-5-11-30-20)28(23)13-16-6-3-2-4-7-16/h2-12H,13-14H2,1H3,(H,25,29). The molecule has 1 N–H and O–H groups in total. The maximum Gasteiger partial charge on any atom is 0.234 e. The molecule has 8 nitrogen and oxygen atoms in total. The Balaban J connectivity index is 1.32. The van der Waals surface area contributed by atoms with Crippen LogP contribution in [-0.2, 0) is 11.3 Å². The second-order valence-electron chi connectivity index (χ2n) is 7.11. The molecular weight excluding hydrogens is 426 g/mol. The zero-order valence-corrected chi connectivity index (χ0v) is 18.0. The van der Waals surface area contributed by atoms with Gasteiger partial charge in [-0.3, -0.25) is 9.36 Å². The Labute approximate surface area is 187 Å². The summed E-state index contributed by atoms with van der Waals surface area (Å²) in [6.45, 7) is 2.35. The Morgan fingerprint density at radius 2 is 1.97 bits per heavy atom. The summed E-state index contributed by atoms with van der Waals surface area (Å²) in [5, 5.41) is 12.1. The molecule has 0 fully saturated rings. The van der Waals surface area contributed by atoms with Crippen LogP contribution in [0.25, 0.3) is 22.7 Å². The van der Waals surface area contributed by atoms with E-state index >= 15 is 0 Å². The highest BCUT2D eigenvalue weighted by Crippen LogP contribution is 2.26. The van der Waals surface area contributed by atoms with Gasteiger partial charge in [-0.25, -0.2) is 4.98 Å². The average molecular weight is 446 g/mol. The molecule has 0 unspecified atom stereocenters. The number of carbonyl (C=O) groups is 1. The van der Waals surface area contributed by atoms with Gasteiger partial charge in [-0.15, -0.1) is 10.2 Å². The van der Waals surface area contributed by atoms with Gasteiger partial charge in [0.1, 0.15) is 5.52 Å². The Morgan fingerprint density at radius 3 is 2.78 bits per heavy atom. The van der Waals surface area contributed by atoms with Gasteiger partial charge < -0.3 is 14.2 Å². The van der Waals surface area contributed by atoms with Crippen molar-refractivity contribution in [3.63, 3.8) is 0 Å². The van der Waals surface area contributed by atoms with Crippen molar-refractivity contribution < 1.29 is 13.6 Å². The highest BCUT2D eigenvalue weighted by molar-refractivity contribution is 7.99. The van der Waals surface area contributed by atoms with Gasteiger partial charge >= 0.3 is 0 Å². The van der Waals surface area contributed by atoms with Gasteiger partial charge in [0.2, 0.25) is 11.7 Å². The smallest absolute Gasteiger partial charge is 0.234 e. The third kappa shape index (κ3) is 4.28. The van der Waals surface area contributed by atoms with Crippen LogP contribution in [-0.4, -0.2) is 31.4 Å². The SMILES string of the molecule is Cc1nc2cc(NC(=O)CSc3nnc(-c4ccco4)n3Cc3ccccc3)ccc2o1. The first kappa shape index (κ1) is 20.1. The summed E-state index contributed by atoms with van der Waals surface area (Å²) in [6.07, 6.45) is 1.60. The number of benzene rings is 2. The molecule has 0 aliphatic carbocycles. The van der Waals surface area contributed by atoms with Gasteiger partial charge in [0, 0.05) is 12.6 Å². The molecule has 0 aliphatic rings. The maximum absolute atomic E-state index is 12.6. The van der Waals surface area contributed by atoms with Crippen LogP contribution in [0.3, 0.4) is 0 Å². The molecule has 0 aliphatic heterocycles. The molecule has 9 heteroatoms. The Bertz CT molecular complexity index is 1360. The first-order valence-corrected chi connectivity index (χ1v) is 10.9. The van der Waals surface area contributed by atoms with E-state index in [1.807, 2.05) is 47.0 Å². The lowest BCUT2D eigenvalue weighted by Crippen LogP contribution is -2.14. The quantitative estimate of drug-likeness (QED) is 0.360. The first-order chi connectivity index (χ1) is 15.7. The third-order valence-electron chi connectivity index (χ3n) is 4.75. The molecule has 3 aromatic heterocycles. The van der Waals surface area contributed by atoms with Crippen molar-refractivity contribution >= 4 is 34.5 Å². The van der Waals surface area contributed by atoms with E-state index in [1.165, 1.54) is 11.8 Å². The summed E-state index contributed by atoms with van der Waals surface area (Å²) in [4.78, 5) is 16.9. The lowest BCUT2D eigenvalue weighted by atomic mass is 10.2. The van der Waals surface area contributed by atoms with Crippen LogP contribution in [0.15, 0.2) is 80.9 Å². The molecule has 5 aromatic rings. The van der Waals surface area contributed by atoms with Crippen LogP contribution in [0.2, 0.25) is 0 Å². The number of hydrogen-bond acceptors (Lipinski definition) is 7. The monoisotopic (exact) mass is 445 g/mol. The number of aryl methyl sites for hydroxylation is 1. The number of nitrogens with one attached hydrogen (secondary N) is 1. The van der Waals surface area contributed by atoms with Gasteiger partial charge in [0.15, 0.2) is 22.4 Å². The molecule has 0 bridgehead atoms. The number of fused-ring (bicyclic) bond motifs is 1. The van der Waals surface area contributed by atoms with E-state index in [1.54, 1.807) is 31.4 Å². The molecule has 0 saturated carbocycles. The zero-order chi connectivity index (χ0) is 21.9. The summed E-state index contributed by atoms with van der Waals surface area (Å²) in [7, 11) is 0. The number of nitrogens with zero attached hydrogens (tertiary/aromatic N) is 4. The fourth-order valence-electron chi connectivity index (χ4n) is 3.34. The van der Waals surface area contributed by atoms with Crippen LogP contribution in [0.1, 0.15) is 11.5 Å². The molecule has 0 spiro atoms. The van der Waals surface area contributed by atoms with Gasteiger partial charge in [0.25, 0.3) is 0 Å². The van der Waals surface area contributed by atoms with Crippen molar-refractivity contribution in [2.45, 2.75) is 18.6 Å². The number of rotatable bonds is 7. The number of amides is 1. The van der Waals surface area contributed by atoms with E-state index in [0.717, 1.165) is 5.56 Å². The summed E-state index contributed by atoms with van der Waals surface area (Å²) >= 11 is 1.32. The van der Waals surface area contributed by atoms with Crippen molar-refractivity contribution in [3.05, 3.63) is 78.4 Å². The van der Waals surface area contributed by atoms with Gasteiger partial charge in [-0.1, -0.05) is 42.1 Å². The summed E-state index contributed by atoms with van der Waals surface area (Å²) in [5.74, 6) is 1.86. The van der Waals surface area contributed by atoms with Crippen molar-refractivity contribution in [1.29, 1.82) is 0 Å². The molecule has 0 radical (unpaired) electrons. The predicted octanol–water partition coefficient (Wildman–Crippen LogP) is 4.77. The van der Waals surface area contributed by atoms with Gasteiger partial charge in [-0.05, 0) is 35.9 Å². The normalized spacial score (nSPS) is 11.2. The molecule has 1 amide bonds. The Hall–Kier alpha value is -3.85. The minimum Gasteiger partial charge on any atom is -0.461 e. The maximum atomic E-state index is 12.6. The van der Waals surface area contributed by atoms with Crippen LogP contribution in [0.4, 0.5) is 5.69 Å². The number of carbonyl (C=O) groups excluding carboxylic acids is 1. The number of thioether (sulfide) groups is 1. The molecule has 2 aromatic carbocycles. The summed E-state index contributed by atoms with van der Waals surface area (Å²) < 4.78 is 13.0. The molecule has 32 heavy (non-hydrogen) atoms. The van der Waals surface area contributed by atoms with E-state index in [-0.39, 0.29) is 11.7 Å². The van der Waals surface area contributed by atoms with Crippen LogP contribution < -0.4 is 5.32 Å². The number of aromatic nitrogens is 4. The predicted molar refractivity (Wildman–Crippen MR) is 121 cm³/mol. The van der Waals surface area contributed by atoms with E-state index in [9.17, 15) is 4.79 Å². The summed E-state index contributed by atoms with van der Waals surface area (Å²) in [6, 6.07) is 19.1. The fraction of sp³-hybridized carbons (Fsp3) is 0.130. The second kappa shape index (κ2) is 8.72. The Morgan fingerprint density at radius 1 is 1.09 bits per heavy atom. The third-order valence-corrected chi connectivity index (χ3v) is 5.72. The topological polar surface area (TPSA) is 99.0 Å². The zero-order valence-electron chi connectivity index (χ0n) is 17.2. The second-order valence-corrected chi connectivity index (χ2v) is 8.05. The average Bonchev–Trinajstić information content (AvgIpc) is 3.52. The first-order valence-electron chi connectivity index (χ1n) is 9.96. The highest BCUT2D eigenvalue weighted by Gasteiger charge is 2.18. The molecule has 5 rings (SSSR count). The van der Waals surface area contributed by atoms with Crippen molar-refractivity contribution in [3.8, 4) is 11.6 Å². The highest BCUT2D eigenvalue weighted by atomic mass is 32.2. The van der Waals surface area contributed by atoms with Crippen molar-refractivity contribution in [2.24, 2.45) is 0 Å². The molecule has 160 valence electrons. The lowest BCUT2D eigenvalue weighted by Gasteiger charge is -2.09. The van der Waals surface area contributed by atoms with Crippen LogP contribution >= 0.6 is 11.8 Å². The number of oxazole rings is 1.